The standard InChI is InChI=1S/C12H11FN2O2/c1-16-11-5-3-2-4-9(11)8-17-12-14-6-10(13)7-15-12/h2-7H,8H2,1H3. The lowest BCUT2D eigenvalue weighted by molar-refractivity contribution is 0.272. The monoisotopic (exact) mass is 234 g/mol. The van der Waals surface area contributed by atoms with Crippen LogP contribution in [-0.4, -0.2) is 17.1 Å². The first kappa shape index (κ1) is 11.3. The van der Waals surface area contributed by atoms with Gasteiger partial charge in [-0.3, -0.25) is 0 Å². The summed E-state index contributed by atoms with van der Waals surface area (Å²) in [4.78, 5) is 7.40. The lowest BCUT2D eigenvalue weighted by atomic mass is 10.2. The van der Waals surface area contributed by atoms with Crippen LogP contribution in [0.25, 0.3) is 0 Å². The predicted octanol–water partition coefficient (Wildman–Crippen LogP) is 2.20. The number of ether oxygens (including phenoxy) is 2. The van der Waals surface area contributed by atoms with Gasteiger partial charge < -0.3 is 9.47 Å². The number of rotatable bonds is 4. The van der Waals surface area contributed by atoms with Gasteiger partial charge in [0.05, 0.1) is 19.5 Å². The quantitative estimate of drug-likeness (QED) is 0.813. The average Bonchev–Trinajstić information content (AvgIpc) is 2.38. The molecular formula is C12H11FN2O2. The van der Waals surface area contributed by atoms with Crippen LogP contribution >= 0.6 is 0 Å². The molecule has 1 heterocycles. The lowest BCUT2D eigenvalue weighted by Crippen LogP contribution is -2.01. The van der Waals surface area contributed by atoms with Crippen molar-refractivity contribution in [3.8, 4) is 11.8 Å². The van der Waals surface area contributed by atoms with E-state index in [0.717, 1.165) is 23.7 Å². The van der Waals surface area contributed by atoms with Crippen molar-refractivity contribution >= 4 is 0 Å². The second-order valence-corrected chi connectivity index (χ2v) is 3.28. The van der Waals surface area contributed by atoms with Crippen molar-refractivity contribution in [2.45, 2.75) is 6.61 Å². The van der Waals surface area contributed by atoms with Gasteiger partial charge in [-0.2, -0.15) is 0 Å². The molecule has 0 spiro atoms. The molecule has 0 amide bonds. The van der Waals surface area contributed by atoms with E-state index < -0.39 is 5.82 Å². The number of hydrogen-bond acceptors (Lipinski definition) is 4. The molecule has 0 N–H and O–H groups in total. The van der Waals surface area contributed by atoms with Crippen LogP contribution in [0.15, 0.2) is 36.7 Å². The fourth-order valence-corrected chi connectivity index (χ4v) is 1.34. The first-order valence-electron chi connectivity index (χ1n) is 5.02. The fraction of sp³-hybridized carbons (Fsp3) is 0.167. The molecule has 88 valence electrons. The second-order valence-electron chi connectivity index (χ2n) is 3.28. The fourth-order valence-electron chi connectivity index (χ4n) is 1.34. The van der Waals surface area contributed by atoms with Gasteiger partial charge in [0.15, 0.2) is 5.82 Å². The summed E-state index contributed by atoms with van der Waals surface area (Å²) >= 11 is 0. The molecule has 2 rings (SSSR count). The Labute approximate surface area is 98.1 Å². The molecule has 0 unspecified atom stereocenters. The zero-order valence-electron chi connectivity index (χ0n) is 9.26. The summed E-state index contributed by atoms with van der Waals surface area (Å²) in [5, 5.41) is 0. The zero-order valence-corrected chi connectivity index (χ0v) is 9.26. The molecule has 1 aromatic heterocycles. The number of hydrogen-bond donors (Lipinski definition) is 0. The first-order valence-corrected chi connectivity index (χ1v) is 5.02. The minimum atomic E-state index is -0.491. The Bertz CT molecular complexity index is 488. The summed E-state index contributed by atoms with van der Waals surface area (Å²) in [5.41, 5.74) is 0.878. The Morgan fingerprint density at radius 2 is 1.88 bits per heavy atom. The Morgan fingerprint density at radius 1 is 1.18 bits per heavy atom. The maximum atomic E-state index is 12.6. The molecule has 0 saturated carbocycles. The Morgan fingerprint density at radius 3 is 2.59 bits per heavy atom. The predicted molar refractivity (Wildman–Crippen MR) is 59.3 cm³/mol. The average molecular weight is 234 g/mol. The van der Waals surface area contributed by atoms with E-state index in [1.165, 1.54) is 0 Å². The highest BCUT2D eigenvalue weighted by Gasteiger charge is 2.04. The molecule has 0 aliphatic rings. The summed E-state index contributed by atoms with van der Waals surface area (Å²) in [5.74, 6) is 0.240. The maximum absolute atomic E-state index is 12.6. The van der Waals surface area contributed by atoms with E-state index >= 15 is 0 Å². The van der Waals surface area contributed by atoms with Crippen LogP contribution < -0.4 is 9.47 Å². The van der Waals surface area contributed by atoms with Gasteiger partial charge >= 0.3 is 6.01 Å². The maximum Gasteiger partial charge on any atom is 0.316 e. The highest BCUT2D eigenvalue weighted by Crippen LogP contribution is 2.18. The molecule has 0 saturated heterocycles. The number of methoxy groups -OCH3 is 1. The molecule has 2 aromatic rings. The van der Waals surface area contributed by atoms with Gasteiger partial charge in [-0.25, -0.2) is 14.4 Å². The summed E-state index contributed by atoms with van der Waals surface area (Å²) in [6.07, 6.45) is 2.12. The van der Waals surface area contributed by atoms with E-state index in [-0.39, 0.29) is 12.6 Å². The van der Waals surface area contributed by atoms with Gasteiger partial charge in [-0.15, -0.1) is 0 Å². The van der Waals surface area contributed by atoms with Crippen molar-refractivity contribution < 1.29 is 13.9 Å². The highest BCUT2D eigenvalue weighted by atomic mass is 19.1. The van der Waals surface area contributed by atoms with Crippen LogP contribution in [0, 0.1) is 5.82 Å². The molecule has 0 aliphatic heterocycles. The van der Waals surface area contributed by atoms with E-state index in [1.807, 2.05) is 24.3 Å². The van der Waals surface area contributed by atoms with Crippen LogP contribution in [0.4, 0.5) is 4.39 Å². The molecule has 0 fully saturated rings. The largest absolute Gasteiger partial charge is 0.496 e. The lowest BCUT2D eigenvalue weighted by Gasteiger charge is -2.08. The molecule has 5 heteroatoms. The third kappa shape index (κ3) is 2.90. The van der Waals surface area contributed by atoms with Crippen LogP contribution in [-0.2, 0) is 6.61 Å². The van der Waals surface area contributed by atoms with Gasteiger partial charge in [-0.05, 0) is 6.07 Å². The third-order valence-electron chi connectivity index (χ3n) is 2.15. The van der Waals surface area contributed by atoms with Gasteiger partial charge in [0.2, 0.25) is 0 Å². The van der Waals surface area contributed by atoms with Crippen molar-refractivity contribution in [3.05, 3.63) is 48.0 Å². The summed E-state index contributed by atoms with van der Waals surface area (Å²) in [7, 11) is 1.59. The molecule has 1 aromatic carbocycles. The van der Waals surface area contributed by atoms with Gasteiger partial charge in [0.25, 0.3) is 0 Å². The number of benzene rings is 1. The Balaban J connectivity index is 2.04. The zero-order chi connectivity index (χ0) is 12.1. The van der Waals surface area contributed by atoms with Crippen molar-refractivity contribution in [1.82, 2.24) is 9.97 Å². The highest BCUT2D eigenvalue weighted by molar-refractivity contribution is 5.32. The topological polar surface area (TPSA) is 44.2 Å². The van der Waals surface area contributed by atoms with Crippen LogP contribution in [0.5, 0.6) is 11.8 Å². The van der Waals surface area contributed by atoms with E-state index in [4.69, 9.17) is 9.47 Å². The minimum Gasteiger partial charge on any atom is -0.496 e. The van der Waals surface area contributed by atoms with E-state index in [2.05, 4.69) is 9.97 Å². The van der Waals surface area contributed by atoms with Crippen molar-refractivity contribution in [1.29, 1.82) is 0 Å². The number of halogens is 1. The van der Waals surface area contributed by atoms with Crippen LogP contribution in [0.2, 0.25) is 0 Å². The van der Waals surface area contributed by atoms with Gasteiger partial charge in [-0.1, -0.05) is 18.2 Å². The first-order chi connectivity index (χ1) is 8.29. The molecule has 0 radical (unpaired) electrons. The number of nitrogens with zero attached hydrogens (tertiary/aromatic N) is 2. The second kappa shape index (κ2) is 5.25. The van der Waals surface area contributed by atoms with E-state index in [1.54, 1.807) is 7.11 Å². The Hall–Kier alpha value is -2.17. The molecular weight excluding hydrogens is 223 g/mol. The Kier molecular flexibility index (Phi) is 3.49. The van der Waals surface area contributed by atoms with Crippen molar-refractivity contribution in [2.24, 2.45) is 0 Å². The SMILES string of the molecule is COc1ccccc1COc1ncc(F)cn1. The molecule has 0 aliphatic carbocycles. The number of para-hydroxylation sites is 1. The van der Waals surface area contributed by atoms with Crippen molar-refractivity contribution in [2.75, 3.05) is 7.11 Å². The normalized spacial score (nSPS) is 10.0. The minimum absolute atomic E-state index is 0.136. The molecule has 0 bridgehead atoms. The van der Waals surface area contributed by atoms with Crippen LogP contribution in [0.1, 0.15) is 5.56 Å². The smallest absolute Gasteiger partial charge is 0.316 e. The third-order valence-corrected chi connectivity index (χ3v) is 2.15. The van der Waals surface area contributed by atoms with Crippen LogP contribution in [0.3, 0.4) is 0 Å². The van der Waals surface area contributed by atoms with Gasteiger partial charge in [0, 0.05) is 5.56 Å². The molecule has 17 heavy (non-hydrogen) atoms. The van der Waals surface area contributed by atoms with E-state index in [0.29, 0.717) is 0 Å². The number of aromatic nitrogens is 2. The molecule has 4 nitrogen and oxygen atoms in total. The van der Waals surface area contributed by atoms with Crippen molar-refractivity contribution in [3.63, 3.8) is 0 Å². The van der Waals surface area contributed by atoms with E-state index in [9.17, 15) is 4.39 Å². The summed E-state index contributed by atoms with van der Waals surface area (Å²) in [6.45, 7) is 0.273. The summed E-state index contributed by atoms with van der Waals surface area (Å²) in [6, 6.07) is 7.60. The van der Waals surface area contributed by atoms with Gasteiger partial charge in [0.1, 0.15) is 12.4 Å². The summed E-state index contributed by atoms with van der Waals surface area (Å²) < 4.78 is 23.1. The molecule has 0 atom stereocenters.